The highest BCUT2D eigenvalue weighted by Gasteiger charge is 2.13. The molecule has 25 heavy (non-hydrogen) atoms. The molecule has 128 valence electrons. The third-order valence-corrected chi connectivity index (χ3v) is 3.97. The molecule has 0 unspecified atom stereocenters. The summed E-state index contributed by atoms with van der Waals surface area (Å²) in [6.07, 6.45) is 0. The number of para-hydroxylation sites is 1. The van der Waals surface area contributed by atoms with Gasteiger partial charge in [-0.3, -0.25) is 0 Å². The Labute approximate surface area is 149 Å². The molecule has 0 saturated carbocycles. The summed E-state index contributed by atoms with van der Waals surface area (Å²) >= 11 is 0. The van der Waals surface area contributed by atoms with Crippen molar-refractivity contribution in [2.45, 2.75) is 13.2 Å². The van der Waals surface area contributed by atoms with Crippen molar-refractivity contribution >= 4 is 17.1 Å². The molecule has 3 rings (SSSR count). The van der Waals surface area contributed by atoms with Crippen LogP contribution < -0.4 is 4.90 Å². The van der Waals surface area contributed by atoms with Gasteiger partial charge in [0, 0.05) is 31.3 Å². The summed E-state index contributed by atoms with van der Waals surface area (Å²) in [4.78, 5) is 2.25. The second-order valence-electron chi connectivity index (χ2n) is 5.88. The number of methoxy groups -OCH3 is 2. The molecule has 3 heteroatoms. The first-order chi connectivity index (χ1) is 12.3. The van der Waals surface area contributed by atoms with Crippen molar-refractivity contribution in [1.82, 2.24) is 0 Å². The van der Waals surface area contributed by atoms with E-state index in [1.807, 2.05) is 6.07 Å². The van der Waals surface area contributed by atoms with Crippen LogP contribution >= 0.6 is 0 Å². The highest BCUT2D eigenvalue weighted by Crippen LogP contribution is 2.35. The third kappa shape index (κ3) is 4.27. The van der Waals surface area contributed by atoms with Gasteiger partial charge in [0.05, 0.1) is 13.2 Å². The second-order valence-corrected chi connectivity index (χ2v) is 5.88. The van der Waals surface area contributed by atoms with Crippen LogP contribution in [0.1, 0.15) is 11.1 Å². The minimum absolute atomic E-state index is 0.597. The molecule has 0 radical (unpaired) electrons. The Balaban J connectivity index is 2.07. The Morgan fingerprint density at radius 2 is 1.08 bits per heavy atom. The van der Waals surface area contributed by atoms with Gasteiger partial charge < -0.3 is 14.4 Å². The van der Waals surface area contributed by atoms with Crippen molar-refractivity contribution < 1.29 is 9.47 Å². The molecule has 0 fully saturated rings. The van der Waals surface area contributed by atoms with Crippen molar-refractivity contribution in [3.63, 3.8) is 0 Å². The molecule has 3 aromatic carbocycles. The van der Waals surface area contributed by atoms with E-state index in [1.165, 1.54) is 0 Å². The first-order valence-electron chi connectivity index (χ1n) is 8.33. The molecule has 0 amide bonds. The topological polar surface area (TPSA) is 21.7 Å². The summed E-state index contributed by atoms with van der Waals surface area (Å²) in [5.74, 6) is 0. The van der Waals surface area contributed by atoms with Crippen LogP contribution in [0.15, 0.2) is 78.9 Å². The van der Waals surface area contributed by atoms with Gasteiger partial charge in [0.15, 0.2) is 0 Å². The Morgan fingerprint density at radius 1 is 0.600 bits per heavy atom. The Bertz CT molecular complexity index is 752. The van der Waals surface area contributed by atoms with Gasteiger partial charge >= 0.3 is 0 Å². The highest BCUT2D eigenvalue weighted by atomic mass is 16.5. The van der Waals surface area contributed by atoms with Crippen LogP contribution in [0.2, 0.25) is 0 Å². The normalized spacial score (nSPS) is 10.6. The third-order valence-electron chi connectivity index (χ3n) is 3.97. The summed E-state index contributed by atoms with van der Waals surface area (Å²) in [7, 11) is 3.44. The average molecular weight is 333 g/mol. The summed E-state index contributed by atoms with van der Waals surface area (Å²) in [5.41, 5.74) is 5.63. The molecule has 0 aliphatic carbocycles. The summed E-state index contributed by atoms with van der Waals surface area (Å²) in [6.45, 7) is 1.19. The number of anilines is 3. The van der Waals surface area contributed by atoms with Crippen molar-refractivity contribution in [2.24, 2.45) is 0 Å². The molecule has 0 saturated heterocycles. The lowest BCUT2D eigenvalue weighted by atomic mass is 10.1. The van der Waals surface area contributed by atoms with E-state index < -0.39 is 0 Å². The standard InChI is InChI=1S/C22H23NO2/c1-24-16-18-8-6-12-21(14-18)23(20-10-4-3-5-11-20)22-13-7-9-19(15-22)17-25-2/h3-15H,16-17H2,1-2H3. The van der Waals surface area contributed by atoms with E-state index >= 15 is 0 Å². The number of benzene rings is 3. The number of ether oxygens (including phenoxy) is 2. The monoisotopic (exact) mass is 333 g/mol. The molecule has 0 bridgehead atoms. The molecule has 3 nitrogen and oxygen atoms in total. The zero-order valence-electron chi connectivity index (χ0n) is 14.7. The van der Waals surface area contributed by atoms with Crippen LogP contribution in [-0.2, 0) is 22.7 Å². The van der Waals surface area contributed by atoms with E-state index in [9.17, 15) is 0 Å². The van der Waals surface area contributed by atoms with Crippen LogP contribution in [0.25, 0.3) is 0 Å². The Morgan fingerprint density at radius 3 is 1.56 bits per heavy atom. The maximum atomic E-state index is 5.29. The quantitative estimate of drug-likeness (QED) is 0.574. The minimum atomic E-state index is 0.597. The van der Waals surface area contributed by atoms with Crippen molar-refractivity contribution in [3.8, 4) is 0 Å². The zero-order valence-corrected chi connectivity index (χ0v) is 14.7. The molecule has 0 aliphatic rings. The summed E-state index contributed by atoms with van der Waals surface area (Å²) in [5, 5.41) is 0. The van der Waals surface area contributed by atoms with E-state index in [-0.39, 0.29) is 0 Å². The van der Waals surface area contributed by atoms with Gasteiger partial charge in [0.1, 0.15) is 0 Å². The SMILES string of the molecule is COCc1cccc(N(c2ccccc2)c2cccc(COC)c2)c1. The molecule has 0 aromatic heterocycles. The maximum absolute atomic E-state index is 5.29. The van der Waals surface area contributed by atoms with E-state index in [2.05, 4.69) is 77.7 Å². The molecule has 0 spiro atoms. The first kappa shape index (κ1) is 17.2. The largest absolute Gasteiger partial charge is 0.380 e. The molecule has 0 N–H and O–H groups in total. The molecule has 3 aromatic rings. The van der Waals surface area contributed by atoms with Crippen LogP contribution in [0.3, 0.4) is 0 Å². The zero-order chi connectivity index (χ0) is 17.5. The average Bonchev–Trinajstić information content (AvgIpc) is 2.64. The van der Waals surface area contributed by atoms with E-state index in [4.69, 9.17) is 9.47 Å². The molecule has 0 heterocycles. The number of rotatable bonds is 7. The van der Waals surface area contributed by atoms with Crippen molar-refractivity contribution in [2.75, 3.05) is 19.1 Å². The molecule has 0 atom stereocenters. The van der Waals surface area contributed by atoms with E-state index in [0.29, 0.717) is 13.2 Å². The molecular formula is C22H23NO2. The predicted molar refractivity (Wildman–Crippen MR) is 103 cm³/mol. The lowest BCUT2D eigenvalue weighted by Crippen LogP contribution is -2.10. The number of nitrogens with zero attached hydrogens (tertiary/aromatic N) is 1. The van der Waals surface area contributed by atoms with Gasteiger partial charge in [-0.2, -0.15) is 0 Å². The van der Waals surface area contributed by atoms with Crippen LogP contribution in [0, 0.1) is 0 Å². The van der Waals surface area contributed by atoms with Gasteiger partial charge in [-0.15, -0.1) is 0 Å². The second kappa shape index (κ2) is 8.47. The van der Waals surface area contributed by atoms with Gasteiger partial charge in [-0.25, -0.2) is 0 Å². The summed E-state index contributed by atoms with van der Waals surface area (Å²) < 4.78 is 10.6. The van der Waals surface area contributed by atoms with Crippen molar-refractivity contribution in [1.29, 1.82) is 0 Å². The fourth-order valence-corrected chi connectivity index (χ4v) is 2.93. The lowest BCUT2D eigenvalue weighted by Gasteiger charge is -2.26. The van der Waals surface area contributed by atoms with Crippen molar-refractivity contribution in [3.05, 3.63) is 90.0 Å². The Kier molecular flexibility index (Phi) is 5.83. The molecule has 0 aliphatic heterocycles. The number of hydrogen-bond acceptors (Lipinski definition) is 3. The van der Waals surface area contributed by atoms with E-state index in [1.54, 1.807) is 14.2 Å². The van der Waals surface area contributed by atoms with Crippen LogP contribution in [-0.4, -0.2) is 14.2 Å². The van der Waals surface area contributed by atoms with E-state index in [0.717, 1.165) is 28.2 Å². The maximum Gasteiger partial charge on any atom is 0.0713 e. The van der Waals surface area contributed by atoms with Gasteiger partial charge in [-0.1, -0.05) is 42.5 Å². The lowest BCUT2D eigenvalue weighted by molar-refractivity contribution is 0.185. The summed E-state index contributed by atoms with van der Waals surface area (Å²) in [6, 6.07) is 27.2. The van der Waals surface area contributed by atoms with Gasteiger partial charge in [0.2, 0.25) is 0 Å². The predicted octanol–water partition coefficient (Wildman–Crippen LogP) is 5.45. The fraction of sp³-hybridized carbons (Fsp3) is 0.182. The highest BCUT2D eigenvalue weighted by molar-refractivity contribution is 5.76. The van der Waals surface area contributed by atoms with Gasteiger partial charge in [-0.05, 0) is 47.5 Å². The minimum Gasteiger partial charge on any atom is -0.380 e. The first-order valence-corrected chi connectivity index (χ1v) is 8.33. The van der Waals surface area contributed by atoms with Gasteiger partial charge in [0.25, 0.3) is 0 Å². The van der Waals surface area contributed by atoms with Crippen LogP contribution in [0.4, 0.5) is 17.1 Å². The fourth-order valence-electron chi connectivity index (χ4n) is 2.93. The number of hydrogen-bond donors (Lipinski definition) is 0. The molecular weight excluding hydrogens is 310 g/mol. The smallest absolute Gasteiger partial charge is 0.0713 e. The Hall–Kier alpha value is -2.62. The van der Waals surface area contributed by atoms with Crippen LogP contribution in [0.5, 0.6) is 0 Å².